The molecule has 3 N–H and O–H groups in total. The van der Waals surface area contributed by atoms with Crippen molar-refractivity contribution in [1.82, 2.24) is 21.0 Å². The maximum Gasteiger partial charge on any atom is 0.272 e. The standard InChI is InChI=1S/C13H14FN5O2S2/c1-2-15-12-18-19-13(23-12)22-7-10(20)16-17-11(21)8-5-3-4-6-9(8)14/h3-6H,2,7H2,1H3,(H,15,18)(H,16,20)(H,17,21). The van der Waals surface area contributed by atoms with Gasteiger partial charge in [-0.15, -0.1) is 10.2 Å². The van der Waals surface area contributed by atoms with Gasteiger partial charge in [-0.05, 0) is 19.1 Å². The third kappa shape index (κ3) is 5.18. The van der Waals surface area contributed by atoms with Gasteiger partial charge in [-0.2, -0.15) is 0 Å². The lowest BCUT2D eigenvalue weighted by Gasteiger charge is -2.07. The Kier molecular flexibility index (Phi) is 6.29. The van der Waals surface area contributed by atoms with Crippen molar-refractivity contribution in [1.29, 1.82) is 0 Å². The van der Waals surface area contributed by atoms with Gasteiger partial charge in [0.2, 0.25) is 11.0 Å². The molecule has 0 aliphatic heterocycles. The number of nitrogens with zero attached hydrogens (tertiary/aromatic N) is 2. The number of carbonyl (C=O) groups is 2. The molecule has 0 atom stereocenters. The third-order valence-electron chi connectivity index (χ3n) is 2.50. The molecule has 0 saturated heterocycles. The van der Waals surface area contributed by atoms with Crippen LogP contribution in [-0.2, 0) is 4.79 Å². The van der Waals surface area contributed by atoms with Gasteiger partial charge in [0.1, 0.15) is 5.82 Å². The molecular weight excluding hydrogens is 341 g/mol. The van der Waals surface area contributed by atoms with E-state index < -0.39 is 17.6 Å². The first kappa shape index (κ1) is 17.2. The fraction of sp³-hybridized carbons (Fsp3) is 0.231. The summed E-state index contributed by atoms with van der Waals surface area (Å²) in [6.07, 6.45) is 0. The van der Waals surface area contributed by atoms with Gasteiger partial charge in [0.05, 0.1) is 11.3 Å². The van der Waals surface area contributed by atoms with Crippen LogP contribution in [0.2, 0.25) is 0 Å². The van der Waals surface area contributed by atoms with Crippen molar-refractivity contribution in [3.05, 3.63) is 35.6 Å². The molecule has 1 aromatic heterocycles. The van der Waals surface area contributed by atoms with Crippen molar-refractivity contribution in [2.75, 3.05) is 17.6 Å². The van der Waals surface area contributed by atoms with E-state index in [-0.39, 0.29) is 11.3 Å². The van der Waals surface area contributed by atoms with Crippen LogP contribution in [0.5, 0.6) is 0 Å². The predicted octanol–water partition coefficient (Wildman–Crippen LogP) is 1.66. The van der Waals surface area contributed by atoms with Crippen LogP contribution < -0.4 is 16.2 Å². The number of carbonyl (C=O) groups excluding carboxylic acids is 2. The van der Waals surface area contributed by atoms with Gasteiger partial charge in [-0.1, -0.05) is 35.2 Å². The Morgan fingerprint density at radius 3 is 2.78 bits per heavy atom. The van der Waals surface area contributed by atoms with Crippen LogP contribution in [-0.4, -0.2) is 34.3 Å². The van der Waals surface area contributed by atoms with E-state index in [2.05, 4.69) is 26.4 Å². The van der Waals surface area contributed by atoms with Gasteiger partial charge in [-0.25, -0.2) is 4.39 Å². The number of rotatable bonds is 6. The summed E-state index contributed by atoms with van der Waals surface area (Å²) in [4.78, 5) is 23.4. The van der Waals surface area contributed by atoms with Crippen LogP contribution in [0, 0.1) is 5.82 Å². The minimum atomic E-state index is -0.716. The van der Waals surface area contributed by atoms with Crippen LogP contribution in [0.4, 0.5) is 9.52 Å². The van der Waals surface area contributed by atoms with Crippen LogP contribution in [0.25, 0.3) is 0 Å². The Morgan fingerprint density at radius 2 is 2.04 bits per heavy atom. The first-order chi connectivity index (χ1) is 11.1. The fourth-order valence-electron chi connectivity index (χ4n) is 1.49. The molecule has 0 aliphatic carbocycles. The van der Waals surface area contributed by atoms with Gasteiger partial charge in [0, 0.05) is 6.54 Å². The van der Waals surface area contributed by atoms with E-state index in [0.29, 0.717) is 9.47 Å². The van der Waals surface area contributed by atoms with Crippen molar-refractivity contribution in [3.63, 3.8) is 0 Å². The molecule has 0 radical (unpaired) electrons. The molecule has 2 amide bonds. The first-order valence-electron chi connectivity index (χ1n) is 6.64. The monoisotopic (exact) mass is 355 g/mol. The molecule has 2 rings (SSSR count). The van der Waals surface area contributed by atoms with E-state index in [4.69, 9.17) is 0 Å². The number of aromatic nitrogens is 2. The van der Waals surface area contributed by atoms with Gasteiger partial charge < -0.3 is 5.32 Å². The zero-order chi connectivity index (χ0) is 16.7. The molecule has 0 unspecified atom stereocenters. The normalized spacial score (nSPS) is 10.2. The summed E-state index contributed by atoms with van der Waals surface area (Å²) in [7, 11) is 0. The second kappa shape index (κ2) is 8.44. The molecule has 0 aliphatic rings. The molecule has 23 heavy (non-hydrogen) atoms. The van der Waals surface area contributed by atoms with E-state index in [1.165, 1.54) is 47.4 Å². The van der Waals surface area contributed by atoms with Crippen molar-refractivity contribution < 1.29 is 14.0 Å². The number of thioether (sulfide) groups is 1. The minimum Gasteiger partial charge on any atom is -0.360 e. The molecule has 122 valence electrons. The quantitative estimate of drug-likeness (QED) is 0.539. The number of amides is 2. The van der Waals surface area contributed by atoms with Crippen molar-refractivity contribution >= 4 is 40.0 Å². The van der Waals surface area contributed by atoms with Gasteiger partial charge in [-0.3, -0.25) is 20.4 Å². The zero-order valence-electron chi connectivity index (χ0n) is 12.1. The van der Waals surface area contributed by atoms with Gasteiger partial charge >= 0.3 is 0 Å². The number of benzene rings is 1. The van der Waals surface area contributed by atoms with Gasteiger partial charge in [0.15, 0.2) is 4.34 Å². The van der Waals surface area contributed by atoms with E-state index in [1.54, 1.807) is 0 Å². The molecule has 1 heterocycles. The van der Waals surface area contributed by atoms with E-state index in [1.807, 2.05) is 6.92 Å². The maximum atomic E-state index is 13.4. The van der Waals surface area contributed by atoms with Crippen LogP contribution in [0.1, 0.15) is 17.3 Å². The highest BCUT2D eigenvalue weighted by Gasteiger charge is 2.12. The highest BCUT2D eigenvalue weighted by Crippen LogP contribution is 2.24. The summed E-state index contributed by atoms with van der Waals surface area (Å²) < 4.78 is 14.0. The molecular formula is C13H14FN5O2S2. The molecule has 10 heteroatoms. The van der Waals surface area contributed by atoms with E-state index in [0.717, 1.165) is 6.54 Å². The largest absolute Gasteiger partial charge is 0.360 e. The molecule has 0 saturated carbocycles. The predicted molar refractivity (Wildman–Crippen MR) is 86.8 cm³/mol. The average molecular weight is 355 g/mol. The molecule has 7 nitrogen and oxygen atoms in total. The summed E-state index contributed by atoms with van der Waals surface area (Å²) in [5.41, 5.74) is 4.25. The molecule has 0 spiro atoms. The summed E-state index contributed by atoms with van der Waals surface area (Å²) >= 11 is 2.53. The number of halogens is 1. The molecule has 0 bridgehead atoms. The number of hydrogen-bond donors (Lipinski definition) is 3. The molecule has 2 aromatic rings. The van der Waals surface area contributed by atoms with E-state index >= 15 is 0 Å². The highest BCUT2D eigenvalue weighted by molar-refractivity contribution is 8.01. The maximum absolute atomic E-state index is 13.4. The Morgan fingerprint density at radius 1 is 1.26 bits per heavy atom. The minimum absolute atomic E-state index is 0.0539. The number of hydrogen-bond acceptors (Lipinski definition) is 7. The summed E-state index contributed by atoms with van der Waals surface area (Å²) in [6, 6.07) is 5.51. The van der Waals surface area contributed by atoms with Crippen molar-refractivity contribution in [2.24, 2.45) is 0 Å². The SMILES string of the molecule is CCNc1nnc(SCC(=O)NNC(=O)c2ccccc2F)s1. The Hall–Kier alpha value is -2.20. The van der Waals surface area contributed by atoms with E-state index in [9.17, 15) is 14.0 Å². The molecule has 0 fully saturated rings. The lowest BCUT2D eigenvalue weighted by atomic mass is 10.2. The summed E-state index contributed by atoms with van der Waals surface area (Å²) in [6.45, 7) is 2.68. The van der Waals surface area contributed by atoms with Crippen LogP contribution in [0.15, 0.2) is 28.6 Å². The van der Waals surface area contributed by atoms with Gasteiger partial charge in [0.25, 0.3) is 5.91 Å². The first-order valence-corrected chi connectivity index (χ1v) is 8.44. The van der Waals surface area contributed by atoms with Crippen LogP contribution in [0.3, 0.4) is 0 Å². The Bertz CT molecular complexity index is 695. The fourth-order valence-corrected chi connectivity index (χ4v) is 3.11. The summed E-state index contributed by atoms with van der Waals surface area (Å²) in [5.74, 6) is -1.75. The smallest absolute Gasteiger partial charge is 0.272 e. The average Bonchev–Trinajstić information content (AvgIpc) is 2.99. The Balaban J connectivity index is 1.76. The second-order valence-electron chi connectivity index (χ2n) is 4.17. The zero-order valence-corrected chi connectivity index (χ0v) is 13.8. The lowest BCUT2D eigenvalue weighted by molar-refractivity contribution is -0.119. The Labute approximate surface area is 140 Å². The topological polar surface area (TPSA) is 96.0 Å². The number of nitrogens with one attached hydrogen (secondary N) is 3. The van der Waals surface area contributed by atoms with Crippen molar-refractivity contribution in [2.45, 2.75) is 11.3 Å². The third-order valence-corrected chi connectivity index (χ3v) is 4.51. The lowest BCUT2D eigenvalue weighted by Crippen LogP contribution is -2.42. The second-order valence-corrected chi connectivity index (χ2v) is 6.37. The number of anilines is 1. The van der Waals surface area contributed by atoms with Crippen LogP contribution >= 0.6 is 23.1 Å². The number of hydrazine groups is 1. The van der Waals surface area contributed by atoms with Crippen molar-refractivity contribution in [3.8, 4) is 0 Å². The molecule has 1 aromatic carbocycles. The highest BCUT2D eigenvalue weighted by atomic mass is 32.2. The summed E-state index contributed by atoms with van der Waals surface area (Å²) in [5, 5.41) is 11.5.